The summed E-state index contributed by atoms with van der Waals surface area (Å²) < 4.78 is 1.79. The van der Waals surface area contributed by atoms with Gasteiger partial charge >= 0.3 is 0 Å². The van der Waals surface area contributed by atoms with Crippen LogP contribution < -0.4 is 5.01 Å². The average Bonchev–Trinajstić information content (AvgIpc) is 3.37. The second-order valence-corrected chi connectivity index (χ2v) is 8.70. The van der Waals surface area contributed by atoms with Crippen LogP contribution in [0.15, 0.2) is 69.6 Å². The summed E-state index contributed by atoms with van der Waals surface area (Å²) in [5.41, 5.74) is 0.727. The molecule has 1 amide bonds. The number of carbonyl (C=O) groups excluding carboxylic acids is 1. The number of benzene rings is 2. The van der Waals surface area contributed by atoms with Crippen molar-refractivity contribution in [1.82, 2.24) is 4.98 Å². The minimum Gasteiger partial charge on any atom is -0.267 e. The number of aromatic nitrogens is 1. The summed E-state index contributed by atoms with van der Waals surface area (Å²) in [6.07, 6.45) is 1.57. The van der Waals surface area contributed by atoms with E-state index in [1.807, 2.05) is 35.7 Å². The number of hydrazone groups is 1. The second-order valence-electron chi connectivity index (χ2n) is 5.79. The van der Waals surface area contributed by atoms with Gasteiger partial charge in [0.25, 0.3) is 11.6 Å². The Morgan fingerprint density at radius 1 is 1.21 bits per heavy atom. The average molecular weight is 487 g/mol. The van der Waals surface area contributed by atoms with Gasteiger partial charge in [0.15, 0.2) is 0 Å². The minimum absolute atomic E-state index is 0.156. The van der Waals surface area contributed by atoms with Gasteiger partial charge in [0.2, 0.25) is 5.13 Å². The van der Waals surface area contributed by atoms with Crippen molar-refractivity contribution in [2.75, 3.05) is 5.01 Å². The summed E-state index contributed by atoms with van der Waals surface area (Å²) >= 11 is 6.22. The van der Waals surface area contributed by atoms with Crippen LogP contribution in [-0.2, 0) is 0 Å². The third kappa shape index (κ3) is 4.24. The van der Waals surface area contributed by atoms with Gasteiger partial charge in [0.05, 0.1) is 21.4 Å². The number of fused-ring (bicyclic) bond motifs is 1. The van der Waals surface area contributed by atoms with E-state index in [4.69, 9.17) is 0 Å². The molecule has 10 heteroatoms. The fraction of sp³-hybridized carbons (Fsp3) is 0. The van der Waals surface area contributed by atoms with Crippen molar-refractivity contribution in [2.24, 2.45) is 5.10 Å². The molecule has 0 aliphatic heterocycles. The first-order valence-electron chi connectivity index (χ1n) is 8.24. The molecule has 4 rings (SSSR count). The van der Waals surface area contributed by atoms with Crippen LogP contribution in [0.25, 0.3) is 10.2 Å². The number of hydrogen-bond donors (Lipinski definition) is 0. The van der Waals surface area contributed by atoms with Crippen molar-refractivity contribution in [2.45, 2.75) is 0 Å². The van der Waals surface area contributed by atoms with Gasteiger partial charge in [-0.15, -0.1) is 11.3 Å². The maximum atomic E-state index is 13.2. The Labute approximate surface area is 181 Å². The van der Waals surface area contributed by atoms with E-state index >= 15 is 0 Å². The van der Waals surface area contributed by atoms with Crippen molar-refractivity contribution >= 4 is 71.8 Å². The lowest BCUT2D eigenvalue weighted by atomic mass is 10.2. The number of thiazole rings is 1. The molecule has 0 bridgehead atoms. The predicted octanol–water partition coefficient (Wildman–Crippen LogP) is 5.71. The van der Waals surface area contributed by atoms with Crippen LogP contribution in [0.5, 0.6) is 0 Å². The van der Waals surface area contributed by atoms with E-state index in [1.165, 1.54) is 51.9 Å². The molecule has 0 unspecified atom stereocenters. The fourth-order valence-electron chi connectivity index (χ4n) is 2.52. The second kappa shape index (κ2) is 8.19. The summed E-state index contributed by atoms with van der Waals surface area (Å²) in [4.78, 5) is 29.1. The molecule has 144 valence electrons. The number of thiophene rings is 1. The Balaban J connectivity index is 1.77. The molecular weight excluding hydrogens is 476 g/mol. The summed E-state index contributed by atoms with van der Waals surface area (Å²) in [5, 5.41) is 18.9. The Hall–Kier alpha value is -2.95. The zero-order chi connectivity index (χ0) is 20.4. The van der Waals surface area contributed by atoms with Crippen molar-refractivity contribution in [3.63, 3.8) is 0 Å². The highest BCUT2D eigenvalue weighted by Crippen LogP contribution is 2.32. The molecule has 29 heavy (non-hydrogen) atoms. The molecule has 2 aromatic heterocycles. The Kier molecular flexibility index (Phi) is 5.47. The maximum absolute atomic E-state index is 13.2. The van der Waals surface area contributed by atoms with Crippen LogP contribution in [0, 0.1) is 10.1 Å². The number of nitro groups is 1. The Morgan fingerprint density at radius 3 is 2.83 bits per heavy atom. The lowest BCUT2D eigenvalue weighted by molar-refractivity contribution is -0.384. The fourth-order valence-corrected chi connectivity index (χ4v) is 4.57. The number of rotatable bonds is 5. The van der Waals surface area contributed by atoms with E-state index in [0.29, 0.717) is 5.13 Å². The molecule has 0 N–H and O–H groups in total. The highest BCUT2D eigenvalue weighted by atomic mass is 79.9. The van der Waals surface area contributed by atoms with Gasteiger partial charge in [-0.3, -0.25) is 14.9 Å². The molecule has 0 saturated carbocycles. The monoisotopic (exact) mass is 486 g/mol. The number of non-ortho nitro benzene ring substituents is 1. The lowest BCUT2D eigenvalue weighted by Gasteiger charge is -2.13. The van der Waals surface area contributed by atoms with E-state index in [0.717, 1.165) is 19.6 Å². The quantitative estimate of drug-likeness (QED) is 0.205. The molecule has 0 aliphatic rings. The van der Waals surface area contributed by atoms with Crippen molar-refractivity contribution in [3.8, 4) is 0 Å². The van der Waals surface area contributed by atoms with Gasteiger partial charge in [-0.25, -0.2) is 4.98 Å². The van der Waals surface area contributed by atoms with Crippen LogP contribution in [0.2, 0.25) is 0 Å². The standard InChI is InChI=1S/C19H11BrN4O3S2/c20-13-6-7-16-17(10-13)29-19(22-16)23(21-11-15-5-2-8-28-15)18(25)12-3-1-4-14(9-12)24(26)27/h1-11H/b21-11+. The van der Waals surface area contributed by atoms with Crippen LogP contribution in [-0.4, -0.2) is 22.0 Å². The molecule has 0 fully saturated rings. The SMILES string of the molecule is O=C(c1cccc([N+](=O)[O-])c1)N(/N=C/c1cccs1)c1nc2ccc(Br)cc2s1. The first-order chi connectivity index (χ1) is 14.0. The van der Waals surface area contributed by atoms with E-state index < -0.39 is 10.8 Å². The lowest BCUT2D eigenvalue weighted by Crippen LogP contribution is -2.25. The number of anilines is 1. The zero-order valence-corrected chi connectivity index (χ0v) is 17.8. The molecule has 2 aromatic carbocycles. The molecule has 0 saturated heterocycles. The van der Waals surface area contributed by atoms with Crippen molar-refractivity contribution in [3.05, 3.63) is 85.0 Å². The molecule has 0 radical (unpaired) electrons. The van der Waals surface area contributed by atoms with E-state index in [-0.39, 0.29) is 11.3 Å². The molecule has 0 atom stereocenters. The van der Waals surface area contributed by atoms with Gasteiger partial charge in [0.1, 0.15) is 0 Å². The first-order valence-corrected chi connectivity index (χ1v) is 10.7. The first kappa shape index (κ1) is 19.4. The number of nitrogens with zero attached hydrogens (tertiary/aromatic N) is 4. The van der Waals surface area contributed by atoms with Gasteiger partial charge in [-0.1, -0.05) is 39.4 Å². The summed E-state index contributed by atoms with van der Waals surface area (Å²) in [6.45, 7) is 0. The molecule has 0 spiro atoms. The Morgan fingerprint density at radius 2 is 2.07 bits per heavy atom. The molecule has 2 heterocycles. The third-order valence-corrected chi connectivity index (χ3v) is 6.15. The van der Waals surface area contributed by atoms with Gasteiger partial charge in [-0.05, 0) is 35.7 Å². The number of halogens is 1. The van der Waals surface area contributed by atoms with Crippen LogP contribution >= 0.6 is 38.6 Å². The van der Waals surface area contributed by atoms with Crippen molar-refractivity contribution < 1.29 is 9.72 Å². The minimum atomic E-state index is -0.536. The van der Waals surface area contributed by atoms with Crippen LogP contribution in [0.3, 0.4) is 0 Å². The highest BCUT2D eigenvalue weighted by molar-refractivity contribution is 9.10. The topological polar surface area (TPSA) is 88.7 Å². The maximum Gasteiger partial charge on any atom is 0.281 e. The van der Waals surface area contributed by atoms with E-state index in [9.17, 15) is 14.9 Å². The van der Waals surface area contributed by atoms with Crippen LogP contribution in [0.1, 0.15) is 15.2 Å². The summed E-state index contributed by atoms with van der Waals surface area (Å²) in [6, 6.07) is 15.0. The number of carbonyl (C=O) groups is 1. The van der Waals surface area contributed by atoms with Crippen molar-refractivity contribution in [1.29, 1.82) is 0 Å². The molecule has 0 aliphatic carbocycles. The third-order valence-electron chi connectivity index (χ3n) is 3.86. The number of nitro benzene ring substituents is 1. The highest BCUT2D eigenvalue weighted by Gasteiger charge is 2.22. The van der Waals surface area contributed by atoms with Gasteiger partial charge < -0.3 is 0 Å². The Bertz CT molecular complexity index is 1240. The number of amides is 1. The zero-order valence-electron chi connectivity index (χ0n) is 14.6. The van der Waals surface area contributed by atoms with Gasteiger partial charge in [-0.2, -0.15) is 10.1 Å². The van der Waals surface area contributed by atoms with E-state index in [1.54, 1.807) is 6.21 Å². The summed E-state index contributed by atoms with van der Waals surface area (Å²) in [7, 11) is 0. The molecule has 4 aromatic rings. The van der Waals surface area contributed by atoms with Gasteiger partial charge in [0, 0.05) is 27.0 Å². The number of hydrogen-bond acceptors (Lipinski definition) is 7. The largest absolute Gasteiger partial charge is 0.281 e. The predicted molar refractivity (Wildman–Crippen MR) is 119 cm³/mol. The molecule has 7 nitrogen and oxygen atoms in total. The smallest absolute Gasteiger partial charge is 0.267 e. The van der Waals surface area contributed by atoms with Crippen LogP contribution in [0.4, 0.5) is 10.8 Å². The van der Waals surface area contributed by atoms with E-state index in [2.05, 4.69) is 26.0 Å². The normalized spacial score (nSPS) is 11.2. The molecular formula is C19H11BrN4O3S2. The summed E-state index contributed by atoms with van der Waals surface area (Å²) in [5.74, 6) is -0.500.